The number of pyridine rings is 1. The summed E-state index contributed by atoms with van der Waals surface area (Å²) >= 11 is 0. The fourth-order valence-electron chi connectivity index (χ4n) is 4.27. The van der Waals surface area contributed by atoms with Crippen molar-refractivity contribution in [3.05, 3.63) is 77.5 Å². The minimum Gasteiger partial charge on any atom is -0.507 e. The summed E-state index contributed by atoms with van der Waals surface area (Å²) in [6.45, 7) is 3.46. The molecule has 4 nitrogen and oxygen atoms in total. The van der Waals surface area contributed by atoms with Crippen LogP contribution in [0.1, 0.15) is 49.4 Å². The number of hydrogen-bond acceptors (Lipinski definition) is 4. The predicted octanol–water partition coefficient (Wildman–Crippen LogP) is 6.14. The average molecular weight is 432 g/mol. The minimum atomic E-state index is 0.103. The molecule has 32 heavy (non-hydrogen) atoms. The Balaban J connectivity index is 1.54. The predicted molar refractivity (Wildman–Crippen MR) is 128 cm³/mol. The zero-order chi connectivity index (χ0) is 22.2. The average Bonchev–Trinajstić information content (AvgIpc) is 2.83. The van der Waals surface area contributed by atoms with Gasteiger partial charge in [-0.2, -0.15) is 0 Å². The van der Waals surface area contributed by atoms with Gasteiger partial charge in [-0.15, -0.1) is 0 Å². The van der Waals surface area contributed by atoms with E-state index >= 15 is 0 Å². The maximum Gasteiger partial charge on any atom is 0.217 e. The van der Waals surface area contributed by atoms with Crippen LogP contribution in [0.25, 0.3) is 11.1 Å². The summed E-state index contributed by atoms with van der Waals surface area (Å²) < 4.78 is 11.7. The highest BCUT2D eigenvalue weighted by Gasteiger charge is 2.18. The van der Waals surface area contributed by atoms with Gasteiger partial charge >= 0.3 is 0 Å². The van der Waals surface area contributed by atoms with E-state index in [9.17, 15) is 5.11 Å². The maximum atomic E-state index is 10.9. The number of aromatic hydroxyl groups is 1. The molecule has 1 unspecified atom stereocenters. The van der Waals surface area contributed by atoms with Crippen LogP contribution in [-0.2, 0) is 24.0 Å². The number of aromatic nitrogens is 1. The van der Waals surface area contributed by atoms with Crippen molar-refractivity contribution in [1.29, 1.82) is 0 Å². The highest BCUT2D eigenvalue weighted by atomic mass is 16.5. The van der Waals surface area contributed by atoms with Gasteiger partial charge in [0.05, 0.1) is 11.8 Å². The molecule has 168 valence electrons. The van der Waals surface area contributed by atoms with E-state index in [1.165, 1.54) is 17.5 Å². The first-order valence-corrected chi connectivity index (χ1v) is 11.8. The number of aryl methyl sites for hydroxylation is 3. The van der Waals surface area contributed by atoms with E-state index in [1.807, 2.05) is 30.3 Å². The number of nitrogens with zero attached hydrogens (tertiary/aromatic N) is 1. The van der Waals surface area contributed by atoms with Gasteiger partial charge in [0.1, 0.15) is 12.4 Å². The van der Waals surface area contributed by atoms with Gasteiger partial charge < -0.3 is 14.6 Å². The molecule has 0 saturated carbocycles. The Bertz CT molecular complexity index is 980. The van der Waals surface area contributed by atoms with Gasteiger partial charge in [-0.3, -0.25) is 0 Å². The molecule has 1 fully saturated rings. The van der Waals surface area contributed by atoms with Gasteiger partial charge in [-0.1, -0.05) is 67.9 Å². The highest BCUT2D eigenvalue weighted by molar-refractivity contribution is 5.73. The number of rotatable bonds is 9. The molecule has 1 aliphatic rings. The Hall–Kier alpha value is -2.85. The Morgan fingerprint density at radius 3 is 2.41 bits per heavy atom. The molecule has 0 bridgehead atoms. The first-order valence-electron chi connectivity index (χ1n) is 11.8. The fraction of sp³-hybridized carbons (Fsp3) is 0.393. The molecule has 4 rings (SSSR count). The minimum absolute atomic E-state index is 0.103. The smallest absolute Gasteiger partial charge is 0.217 e. The van der Waals surface area contributed by atoms with Gasteiger partial charge in [0.2, 0.25) is 5.88 Å². The third-order valence-corrected chi connectivity index (χ3v) is 6.02. The van der Waals surface area contributed by atoms with Crippen LogP contribution in [-0.4, -0.2) is 29.4 Å². The van der Waals surface area contributed by atoms with Crippen molar-refractivity contribution in [2.45, 2.75) is 58.0 Å². The largest absolute Gasteiger partial charge is 0.507 e. The second-order valence-corrected chi connectivity index (χ2v) is 8.53. The Labute approximate surface area is 191 Å². The lowest BCUT2D eigenvalue weighted by molar-refractivity contribution is -0.0120. The van der Waals surface area contributed by atoms with Crippen molar-refractivity contribution in [2.75, 3.05) is 13.2 Å². The van der Waals surface area contributed by atoms with Crippen LogP contribution >= 0.6 is 0 Å². The zero-order valence-corrected chi connectivity index (χ0v) is 18.9. The topological polar surface area (TPSA) is 51.6 Å². The monoisotopic (exact) mass is 431 g/mol. The normalized spacial score (nSPS) is 16.1. The Morgan fingerprint density at radius 1 is 0.969 bits per heavy atom. The molecule has 0 spiro atoms. The molecule has 1 atom stereocenters. The molecule has 4 heteroatoms. The summed E-state index contributed by atoms with van der Waals surface area (Å²) in [6, 6.07) is 20.4. The standard InChI is InChI=1S/C28H33NO3/c1-2-8-21-12-14-22(15-13-21)16-17-25-28(23-9-4-3-5-10-23)26(30)19-27(29-25)32-20-24-11-6-7-18-31-24/h3-5,9-10,12-15,19,24H,2,6-8,11,16-18,20H2,1H3,(H,29,30). The number of hydrogen-bond donors (Lipinski definition) is 1. The summed E-state index contributed by atoms with van der Waals surface area (Å²) in [4.78, 5) is 4.82. The second kappa shape index (κ2) is 11.1. The zero-order valence-electron chi connectivity index (χ0n) is 18.9. The molecule has 3 aromatic rings. The van der Waals surface area contributed by atoms with Crippen molar-refractivity contribution in [2.24, 2.45) is 0 Å². The summed E-state index contributed by atoms with van der Waals surface area (Å²) in [7, 11) is 0. The molecule has 2 heterocycles. The maximum absolute atomic E-state index is 10.9. The molecular weight excluding hydrogens is 398 g/mol. The molecule has 1 saturated heterocycles. The van der Waals surface area contributed by atoms with Crippen LogP contribution in [0.2, 0.25) is 0 Å². The molecule has 0 aliphatic carbocycles. The molecule has 2 aromatic carbocycles. The highest BCUT2D eigenvalue weighted by Crippen LogP contribution is 2.35. The van der Waals surface area contributed by atoms with Crippen molar-refractivity contribution in [3.8, 4) is 22.8 Å². The third-order valence-electron chi connectivity index (χ3n) is 6.02. The van der Waals surface area contributed by atoms with Crippen LogP contribution in [0, 0.1) is 0 Å². The van der Waals surface area contributed by atoms with Crippen LogP contribution in [0.4, 0.5) is 0 Å². The first-order chi connectivity index (χ1) is 15.7. The molecule has 1 aromatic heterocycles. The van der Waals surface area contributed by atoms with E-state index in [1.54, 1.807) is 6.07 Å². The quantitative estimate of drug-likeness (QED) is 0.442. The second-order valence-electron chi connectivity index (χ2n) is 8.53. The van der Waals surface area contributed by atoms with E-state index < -0.39 is 0 Å². The Morgan fingerprint density at radius 2 is 1.72 bits per heavy atom. The van der Waals surface area contributed by atoms with E-state index in [0.29, 0.717) is 12.5 Å². The van der Waals surface area contributed by atoms with Gasteiger partial charge in [-0.25, -0.2) is 4.98 Å². The van der Waals surface area contributed by atoms with E-state index in [-0.39, 0.29) is 11.9 Å². The number of benzene rings is 2. The summed E-state index contributed by atoms with van der Waals surface area (Å²) in [5, 5.41) is 10.9. The summed E-state index contributed by atoms with van der Waals surface area (Å²) in [5.41, 5.74) is 5.25. The molecule has 1 N–H and O–H groups in total. The molecule has 0 radical (unpaired) electrons. The molecule has 0 amide bonds. The summed E-state index contributed by atoms with van der Waals surface area (Å²) in [6.07, 6.45) is 7.24. The van der Waals surface area contributed by atoms with Crippen molar-refractivity contribution < 1.29 is 14.6 Å². The third kappa shape index (κ3) is 5.89. The Kier molecular flexibility index (Phi) is 7.78. The fourth-order valence-corrected chi connectivity index (χ4v) is 4.27. The van der Waals surface area contributed by atoms with Crippen LogP contribution in [0.5, 0.6) is 11.6 Å². The van der Waals surface area contributed by atoms with E-state index in [2.05, 4.69) is 31.2 Å². The first kappa shape index (κ1) is 22.3. The lowest BCUT2D eigenvalue weighted by Gasteiger charge is -2.22. The van der Waals surface area contributed by atoms with Gasteiger partial charge in [-0.05, 0) is 55.2 Å². The molecular formula is C28H33NO3. The lowest BCUT2D eigenvalue weighted by atomic mass is 9.98. The van der Waals surface area contributed by atoms with Gasteiger partial charge in [0.25, 0.3) is 0 Å². The summed E-state index contributed by atoms with van der Waals surface area (Å²) in [5.74, 6) is 0.670. The van der Waals surface area contributed by atoms with Crippen molar-refractivity contribution in [1.82, 2.24) is 4.98 Å². The van der Waals surface area contributed by atoms with Crippen LogP contribution in [0.3, 0.4) is 0 Å². The molecule has 1 aliphatic heterocycles. The van der Waals surface area contributed by atoms with Gasteiger partial charge in [0, 0.05) is 18.2 Å². The van der Waals surface area contributed by atoms with Gasteiger partial charge in [0.15, 0.2) is 0 Å². The van der Waals surface area contributed by atoms with E-state index in [4.69, 9.17) is 14.5 Å². The van der Waals surface area contributed by atoms with Crippen LogP contribution < -0.4 is 4.74 Å². The lowest BCUT2D eigenvalue weighted by Crippen LogP contribution is -2.26. The van der Waals surface area contributed by atoms with Crippen molar-refractivity contribution >= 4 is 0 Å². The SMILES string of the molecule is CCCc1ccc(CCc2nc(OCC3CCCCO3)cc(O)c2-c2ccccc2)cc1. The van der Waals surface area contributed by atoms with E-state index in [0.717, 1.165) is 62.0 Å². The van der Waals surface area contributed by atoms with Crippen molar-refractivity contribution in [3.63, 3.8) is 0 Å². The van der Waals surface area contributed by atoms with Crippen LogP contribution in [0.15, 0.2) is 60.7 Å². The number of ether oxygens (including phenoxy) is 2.